The van der Waals surface area contributed by atoms with Gasteiger partial charge in [0, 0.05) is 24.1 Å². The van der Waals surface area contributed by atoms with Gasteiger partial charge in [0.1, 0.15) is 0 Å². The van der Waals surface area contributed by atoms with Crippen LogP contribution in [0.4, 0.5) is 6.01 Å². The van der Waals surface area contributed by atoms with Crippen molar-refractivity contribution >= 4 is 17.5 Å². The summed E-state index contributed by atoms with van der Waals surface area (Å²) >= 11 is 0. The molecule has 3 heterocycles. The second-order valence-corrected chi connectivity index (χ2v) is 8.09. The van der Waals surface area contributed by atoms with Crippen LogP contribution in [0, 0.1) is 0 Å². The zero-order valence-electron chi connectivity index (χ0n) is 16.8. The van der Waals surface area contributed by atoms with Crippen LogP contribution in [-0.4, -0.2) is 40.9 Å². The standard InChI is InChI=1S/C23H23N5O2/c1-23(11-12-24-14-23)21-27-28-22(30-21)26-20-18(29)13-16-9-5-6-10-17(16)19(25-20)15-7-3-2-4-8-15/h2-10,20,24H,11-14H2,1H3,(H,26,28). The Morgan fingerprint density at radius 1 is 1.10 bits per heavy atom. The monoisotopic (exact) mass is 401 g/mol. The van der Waals surface area contributed by atoms with Gasteiger partial charge in [0.05, 0.1) is 11.1 Å². The number of aliphatic imine (C=N–C) groups is 1. The SMILES string of the molecule is CC1(c2nnc(NC3N=C(c4ccccc4)c4ccccc4CC3=O)o2)CCNC1. The minimum atomic E-state index is -0.796. The molecular formula is C23H23N5O2. The number of ketones is 1. The molecule has 7 heteroatoms. The number of rotatable bonds is 4. The van der Waals surface area contributed by atoms with Crippen LogP contribution in [-0.2, 0) is 16.6 Å². The Kier molecular flexibility index (Phi) is 4.67. The summed E-state index contributed by atoms with van der Waals surface area (Å²) in [6.07, 6.45) is 0.425. The first-order valence-corrected chi connectivity index (χ1v) is 10.2. The van der Waals surface area contributed by atoms with Crippen molar-refractivity contribution < 1.29 is 9.21 Å². The Morgan fingerprint density at radius 2 is 1.90 bits per heavy atom. The number of nitrogens with one attached hydrogen (secondary N) is 2. The van der Waals surface area contributed by atoms with Crippen molar-refractivity contribution in [3.05, 3.63) is 77.2 Å². The molecule has 5 rings (SSSR count). The summed E-state index contributed by atoms with van der Waals surface area (Å²) in [6, 6.07) is 18.0. The Balaban J connectivity index is 1.49. The number of carbonyl (C=O) groups is 1. The Bertz CT molecular complexity index is 1100. The molecule has 30 heavy (non-hydrogen) atoms. The minimum absolute atomic E-state index is 0.0399. The number of benzene rings is 2. The molecule has 152 valence electrons. The number of carbonyl (C=O) groups excluding carboxylic acids is 1. The second-order valence-electron chi connectivity index (χ2n) is 8.09. The third kappa shape index (κ3) is 3.41. The van der Waals surface area contributed by atoms with Crippen LogP contribution in [0.2, 0.25) is 0 Å². The highest BCUT2D eigenvalue weighted by Crippen LogP contribution is 2.30. The average molecular weight is 401 g/mol. The van der Waals surface area contributed by atoms with Gasteiger partial charge < -0.3 is 15.1 Å². The lowest BCUT2D eigenvalue weighted by Gasteiger charge is -2.16. The van der Waals surface area contributed by atoms with Crippen molar-refractivity contribution in [3.63, 3.8) is 0 Å². The lowest BCUT2D eigenvalue weighted by molar-refractivity contribution is -0.119. The van der Waals surface area contributed by atoms with Gasteiger partial charge in [-0.25, -0.2) is 0 Å². The topological polar surface area (TPSA) is 92.4 Å². The molecule has 3 aromatic rings. The van der Waals surface area contributed by atoms with Crippen LogP contribution in [0.25, 0.3) is 0 Å². The number of aromatic nitrogens is 2. The van der Waals surface area contributed by atoms with Crippen molar-refractivity contribution in [1.29, 1.82) is 0 Å². The van der Waals surface area contributed by atoms with Gasteiger partial charge in [-0.1, -0.05) is 59.7 Å². The molecule has 0 amide bonds. The molecule has 0 aliphatic carbocycles. The molecule has 1 aromatic heterocycles. The van der Waals surface area contributed by atoms with Gasteiger partial charge in [0.25, 0.3) is 0 Å². The number of hydrogen-bond donors (Lipinski definition) is 2. The number of fused-ring (bicyclic) bond motifs is 1. The summed E-state index contributed by atoms with van der Waals surface area (Å²) in [6.45, 7) is 3.82. The van der Waals surface area contributed by atoms with E-state index in [0.29, 0.717) is 5.89 Å². The van der Waals surface area contributed by atoms with Gasteiger partial charge in [0.2, 0.25) is 5.89 Å². The summed E-state index contributed by atoms with van der Waals surface area (Å²) in [5.41, 5.74) is 3.49. The molecule has 2 aliphatic rings. The van der Waals surface area contributed by atoms with E-state index in [1.807, 2.05) is 54.6 Å². The van der Waals surface area contributed by atoms with Crippen LogP contribution in [0.5, 0.6) is 0 Å². The Morgan fingerprint density at radius 3 is 2.70 bits per heavy atom. The first kappa shape index (κ1) is 18.7. The van der Waals surface area contributed by atoms with Crippen molar-refractivity contribution in [2.24, 2.45) is 4.99 Å². The lowest BCUT2D eigenvalue weighted by Crippen LogP contribution is -2.29. The highest BCUT2D eigenvalue weighted by atomic mass is 16.4. The van der Waals surface area contributed by atoms with E-state index in [-0.39, 0.29) is 23.6 Å². The molecule has 7 nitrogen and oxygen atoms in total. The molecule has 0 saturated carbocycles. The summed E-state index contributed by atoms with van der Waals surface area (Å²) in [5, 5.41) is 14.8. The summed E-state index contributed by atoms with van der Waals surface area (Å²) in [5.74, 6) is 0.536. The van der Waals surface area contributed by atoms with Gasteiger partial charge >= 0.3 is 6.01 Å². The first-order valence-electron chi connectivity index (χ1n) is 10.2. The van der Waals surface area contributed by atoms with Gasteiger partial charge in [-0.05, 0) is 25.5 Å². The largest absolute Gasteiger partial charge is 0.407 e. The molecule has 2 aliphatic heterocycles. The number of Topliss-reactive ketones (excluding diaryl/α,β-unsaturated/α-hetero) is 1. The normalized spacial score (nSPS) is 23.6. The molecule has 1 fully saturated rings. The maximum absolute atomic E-state index is 13.0. The molecule has 0 bridgehead atoms. The molecule has 0 spiro atoms. The number of nitrogens with zero attached hydrogens (tertiary/aromatic N) is 3. The van der Waals surface area contributed by atoms with Gasteiger partial charge in [0.15, 0.2) is 11.9 Å². The number of hydrogen-bond acceptors (Lipinski definition) is 7. The van der Waals surface area contributed by atoms with Crippen molar-refractivity contribution in [2.45, 2.75) is 31.3 Å². The Hall–Kier alpha value is -3.32. The Labute approximate surface area is 174 Å². The summed E-state index contributed by atoms with van der Waals surface area (Å²) in [7, 11) is 0. The van der Waals surface area contributed by atoms with Crippen molar-refractivity contribution in [2.75, 3.05) is 18.4 Å². The van der Waals surface area contributed by atoms with Crippen LogP contribution >= 0.6 is 0 Å². The van der Waals surface area contributed by atoms with Crippen molar-refractivity contribution in [3.8, 4) is 0 Å². The molecule has 2 atom stereocenters. The predicted octanol–water partition coefficient (Wildman–Crippen LogP) is 2.72. The smallest absolute Gasteiger partial charge is 0.317 e. The van der Waals surface area contributed by atoms with Gasteiger partial charge in [-0.15, -0.1) is 5.10 Å². The van der Waals surface area contributed by atoms with E-state index >= 15 is 0 Å². The minimum Gasteiger partial charge on any atom is -0.407 e. The lowest BCUT2D eigenvalue weighted by atomic mass is 9.90. The van der Waals surface area contributed by atoms with Crippen LogP contribution < -0.4 is 10.6 Å². The van der Waals surface area contributed by atoms with Crippen LogP contribution in [0.15, 0.2) is 64.0 Å². The van der Waals surface area contributed by atoms with Gasteiger partial charge in [-0.2, -0.15) is 0 Å². The average Bonchev–Trinajstić information content (AvgIpc) is 3.39. The van der Waals surface area contributed by atoms with Gasteiger partial charge in [-0.3, -0.25) is 9.79 Å². The zero-order valence-corrected chi connectivity index (χ0v) is 16.8. The molecule has 0 radical (unpaired) electrons. The predicted molar refractivity (Wildman–Crippen MR) is 114 cm³/mol. The van der Waals surface area contributed by atoms with E-state index in [1.54, 1.807) is 0 Å². The van der Waals surface area contributed by atoms with E-state index in [1.165, 1.54) is 0 Å². The highest BCUT2D eigenvalue weighted by Gasteiger charge is 2.36. The summed E-state index contributed by atoms with van der Waals surface area (Å²) < 4.78 is 5.89. The second kappa shape index (κ2) is 7.50. The fourth-order valence-corrected chi connectivity index (χ4v) is 4.04. The molecule has 2 aromatic carbocycles. The van der Waals surface area contributed by atoms with E-state index in [2.05, 4.69) is 27.8 Å². The van der Waals surface area contributed by atoms with Crippen molar-refractivity contribution in [1.82, 2.24) is 15.5 Å². The first-order chi connectivity index (χ1) is 14.6. The fraction of sp³-hybridized carbons (Fsp3) is 0.304. The van der Waals surface area contributed by atoms with Crippen LogP contribution in [0.3, 0.4) is 0 Å². The maximum Gasteiger partial charge on any atom is 0.317 e. The highest BCUT2D eigenvalue weighted by molar-refractivity contribution is 6.16. The van der Waals surface area contributed by atoms with E-state index in [0.717, 1.165) is 41.9 Å². The van der Waals surface area contributed by atoms with E-state index in [9.17, 15) is 4.79 Å². The third-order valence-corrected chi connectivity index (χ3v) is 5.82. The van der Waals surface area contributed by atoms with Crippen LogP contribution in [0.1, 0.15) is 35.9 Å². The maximum atomic E-state index is 13.0. The molecule has 1 saturated heterocycles. The zero-order chi connectivity index (χ0) is 20.6. The fourth-order valence-electron chi connectivity index (χ4n) is 4.04. The molecule has 2 unspecified atom stereocenters. The molecule has 2 N–H and O–H groups in total. The number of anilines is 1. The summed E-state index contributed by atoms with van der Waals surface area (Å²) in [4.78, 5) is 17.8. The third-order valence-electron chi connectivity index (χ3n) is 5.82. The molecular weight excluding hydrogens is 378 g/mol. The quantitative estimate of drug-likeness (QED) is 0.698. The van der Waals surface area contributed by atoms with E-state index < -0.39 is 6.17 Å². The van der Waals surface area contributed by atoms with E-state index in [4.69, 9.17) is 9.41 Å².